The van der Waals surface area contributed by atoms with Crippen molar-refractivity contribution < 1.29 is 29.6 Å². The summed E-state index contributed by atoms with van der Waals surface area (Å²) >= 11 is 0. The quantitative estimate of drug-likeness (QED) is 0.601. The van der Waals surface area contributed by atoms with Gasteiger partial charge in [-0.1, -0.05) is 13.8 Å². The van der Waals surface area contributed by atoms with Crippen LogP contribution in [0.2, 0.25) is 0 Å². The van der Waals surface area contributed by atoms with Gasteiger partial charge in [0.05, 0.1) is 31.8 Å². The third-order valence-corrected chi connectivity index (χ3v) is 9.96. The number of aliphatic hydroxyl groups is 3. The number of esters is 1. The van der Waals surface area contributed by atoms with Gasteiger partial charge in [-0.2, -0.15) is 0 Å². The van der Waals surface area contributed by atoms with Crippen molar-refractivity contribution in [3.05, 3.63) is 0 Å². The van der Waals surface area contributed by atoms with Gasteiger partial charge in [0.15, 0.2) is 0 Å². The maximum Gasteiger partial charge on any atom is 0.305 e. The Labute approximate surface area is 179 Å². The van der Waals surface area contributed by atoms with Crippen LogP contribution in [0.15, 0.2) is 0 Å². The highest BCUT2D eigenvalue weighted by Gasteiger charge is 2.66. The first-order valence-corrected chi connectivity index (χ1v) is 11.8. The fourth-order valence-corrected chi connectivity index (χ4v) is 8.20. The van der Waals surface area contributed by atoms with Gasteiger partial charge in [-0.15, -0.1) is 0 Å². The summed E-state index contributed by atoms with van der Waals surface area (Å²) in [7, 11) is 1.33. The zero-order valence-corrected chi connectivity index (χ0v) is 18.5. The molecule has 6 nitrogen and oxygen atoms in total. The number of hydrogen-bond acceptors (Lipinski definition) is 6. The number of methoxy groups -OCH3 is 1. The number of carbonyl (C=O) groups is 2. The van der Waals surface area contributed by atoms with E-state index in [1.807, 2.05) is 6.92 Å². The molecule has 0 aromatic rings. The first kappa shape index (κ1) is 22.2. The molecule has 4 aliphatic rings. The molecule has 4 fully saturated rings. The molecule has 3 N–H and O–H groups in total. The number of ether oxygens (including phenoxy) is 1. The van der Waals surface area contributed by atoms with Gasteiger partial charge in [-0.05, 0) is 74.0 Å². The Kier molecular flexibility index (Phi) is 5.82. The fourth-order valence-electron chi connectivity index (χ4n) is 8.20. The minimum Gasteiger partial charge on any atom is -0.469 e. The van der Waals surface area contributed by atoms with Crippen molar-refractivity contribution in [1.29, 1.82) is 0 Å². The van der Waals surface area contributed by atoms with Crippen LogP contribution in [0.25, 0.3) is 0 Å². The minimum atomic E-state index is -0.590. The molecule has 0 radical (unpaired) electrons. The van der Waals surface area contributed by atoms with Gasteiger partial charge in [-0.3, -0.25) is 9.59 Å². The minimum absolute atomic E-state index is 0.0262. The van der Waals surface area contributed by atoms with E-state index in [-0.39, 0.29) is 65.7 Å². The lowest BCUT2D eigenvalue weighted by molar-refractivity contribution is -0.204. The van der Waals surface area contributed by atoms with Crippen molar-refractivity contribution in [1.82, 2.24) is 0 Å². The van der Waals surface area contributed by atoms with Gasteiger partial charge in [0, 0.05) is 17.8 Å². The molecule has 0 saturated heterocycles. The summed E-state index contributed by atoms with van der Waals surface area (Å²) in [5.74, 6) is 0.0931. The van der Waals surface area contributed by atoms with Crippen LogP contribution in [0, 0.1) is 40.4 Å². The van der Waals surface area contributed by atoms with Crippen molar-refractivity contribution in [2.75, 3.05) is 7.11 Å². The zero-order valence-electron chi connectivity index (χ0n) is 18.5. The van der Waals surface area contributed by atoms with Crippen molar-refractivity contribution in [3.63, 3.8) is 0 Å². The molecule has 0 bridgehead atoms. The molecular weight excluding hydrogens is 384 g/mol. The first-order valence-electron chi connectivity index (χ1n) is 11.8. The predicted octanol–water partition coefficient (Wildman–Crippen LogP) is 2.47. The van der Waals surface area contributed by atoms with Crippen molar-refractivity contribution in [2.24, 2.45) is 40.4 Å². The number of ketones is 1. The number of hydrogen-bond donors (Lipinski definition) is 3. The van der Waals surface area contributed by atoms with Gasteiger partial charge in [0.25, 0.3) is 0 Å². The largest absolute Gasteiger partial charge is 0.469 e. The molecule has 0 aromatic carbocycles. The summed E-state index contributed by atoms with van der Waals surface area (Å²) in [5.41, 5.74) is -0.523. The Morgan fingerprint density at radius 1 is 0.967 bits per heavy atom. The summed E-state index contributed by atoms with van der Waals surface area (Å²) in [6, 6.07) is 0. The van der Waals surface area contributed by atoms with Crippen LogP contribution in [0.5, 0.6) is 0 Å². The normalized spacial score (nSPS) is 50.2. The maximum absolute atomic E-state index is 13.0. The first-order chi connectivity index (χ1) is 14.1. The fraction of sp³-hybridized carbons (Fsp3) is 0.917. The lowest BCUT2D eigenvalue weighted by Gasteiger charge is -2.63. The SMILES string of the molecule is COC(=O)CCC(=O)[C@@H]1CC[C@@H]2[C@H]3[C@H](O)C[C@H]4C[C@@H](O)CC[C@]4(C)[C@@H]3C[C@H](O)[C@]21C. The lowest BCUT2D eigenvalue weighted by atomic mass is 9.43. The van der Waals surface area contributed by atoms with E-state index in [2.05, 4.69) is 11.7 Å². The monoisotopic (exact) mass is 422 g/mol. The van der Waals surface area contributed by atoms with Gasteiger partial charge in [-0.25, -0.2) is 0 Å². The van der Waals surface area contributed by atoms with Crippen LogP contribution in [0.4, 0.5) is 0 Å². The van der Waals surface area contributed by atoms with Crippen molar-refractivity contribution >= 4 is 11.8 Å². The number of aliphatic hydroxyl groups excluding tert-OH is 3. The average Bonchev–Trinajstić information content (AvgIpc) is 3.06. The molecule has 0 amide bonds. The van der Waals surface area contributed by atoms with E-state index >= 15 is 0 Å². The molecular formula is C24H38O6. The highest BCUT2D eigenvalue weighted by Crippen LogP contribution is 2.67. The Bertz CT molecular complexity index is 693. The third kappa shape index (κ3) is 3.25. The molecule has 6 heteroatoms. The Morgan fingerprint density at radius 3 is 2.40 bits per heavy atom. The Hall–Kier alpha value is -0.980. The molecule has 4 saturated carbocycles. The second-order valence-electron chi connectivity index (χ2n) is 11.0. The van der Waals surface area contributed by atoms with E-state index < -0.39 is 17.6 Å². The number of rotatable bonds is 4. The summed E-state index contributed by atoms with van der Waals surface area (Å²) in [6.45, 7) is 4.34. The molecule has 30 heavy (non-hydrogen) atoms. The second kappa shape index (κ2) is 7.86. The van der Waals surface area contributed by atoms with Crippen molar-refractivity contribution in [3.8, 4) is 0 Å². The standard InChI is InChI=1S/C24H38O6/c1-23-9-8-14(25)10-13(23)11-19(27)22-16-5-4-15(18(26)6-7-21(29)30-3)24(16,2)20(28)12-17(22)23/h13-17,19-20,22,25,27-28H,4-12H2,1-3H3/t13-,14+,15+,16-,17-,19-,20+,22-,23+,24+/m1/s1. The molecule has 0 aromatic heterocycles. The van der Waals surface area contributed by atoms with Gasteiger partial charge >= 0.3 is 5.97 Å². The molecule has 4 aliphatic carbocycles. The highest BCUT2D eigenvalue weighted by molar-refractivity contribution is 5.85. The average molecular weight is 423 g/mol. The number of fused-ring (bicyclic) bond motifs is 5. The van der Waals surface area contributed by atoms with Crippen LogP contribution < -0.4 is 0 Å². The topological polar surface area (TPSA) is 104 Å². The van der Waals surface area contributed by atoms with E-state index in [0.29, 0.717) is 19.3 Å². The summed E-state index contributed by atoms with van der Waals surface area (Å²) in [5, 5.41) is 32.8. The van der Waals surface area contributed by atoms with Gasteiger partial charge in [0.2, 0.25) is 0 Å². The van der Waals surface area contributed by atoms with Crippen LogP contribution in [-0.2, 0) is 14.3 Å². The van der Waals surface area contributed by atoms with E-state index in [9.17, 15) is 24.9 Å². The Balaban J connectivity index is 1.59. The molecule has 0 unspecified atom stereocenters. The van der Waals surface area contributed by atoms with Crippen LogP contribution in [-0.4, -0.2) is 52.5 Å². The van der Waals surface area contributed by atoms with E-state index in [0.717, 1.165) is 25.7 Å². The summed E-state index contributed by atoms with van der Waals surface area (Å²) < 4.78 is 4.68. The third-order valence-electron chi connectivity index (χ3n) is 9.96. The van der Waals surface area contributed by atoms with Gasteiger partial charge < -0.3 is 20.1 Å². The number of Topliss-reactive ketones (excluding diaryl/α,β-unsaturated/α-hetero) is 1. The second-order valence-corrected chi connectivity index (χ2v) is 11.0. The molecule has 170 valence electrons. The highest BCUT2D eigenvalue weighted by atomic mass is 16.5. The molecule has 0 spiro atoms. The predicted molar refractivity (Wildman–Crippen MR) is 110 cm³/mol. The zero-order chi connectivity index (χ0) is 21.8. The summed E-state index contributed by atoms with van der Waals surface area (Å²) in [6.07, 6.45) is 4.25. The van der Waals surface area contributed by atoms with E-state index in [4.69, 9.17) is 0 Å². The van der Waals surface area contributed by atoms with Crippen molar-refractivity contribution in [2.45, 2.75) is 89.9 Å². The molecule has 0 heterocycles. The van der Waals surface area contributed by atoms with Crippen LogP contribution in [0.1, 0.15) is 71.6 Å². The smallest absolute Gasteiger partial charge is 0.305 e. The molecule has 0 aliphatic heterocycles. The van der Waals surface area contributed by atoms with E-state index in [1.54, 1.807) is 0 Å². The number of carbonyl (C=O) groups excluding carboxylic acids is 2. The van der Waals surface area contributed by atoms with Crippen LogP contribution in [0.3, 0.4) is 0 Å². The van der Waals surface area contributed by atoms with Crippen LogP contribution >= 0.6 is 0 Å². The Morgan fingerprint density at radius 2 is 1.70 bits per heavy atom. The molecule has 4 rings (SSSR count). The van der Waals surface area contributed by atoms with Gasteiger partial charge in [0.1, 0.15) is 5.78 Å². The van der Waals surface area contributed by atoms with E-state index in [1.165, 1.54) is 7.11 Å². The molecule has 10 atom stereocenters. The maximum atomic E-state index is 13.0. The summed E-state index contributed by atoms with van der Waals surface area (Å²) in [4.78, 5) is 24.5. The lowest BCUT2D eigenvalue weighted by Crippen LogP contribution is -2.62.